The van der Waals surface area contributed by atoms with E-state index >= 15 is 0 Å². The molecular formula is C11H21NO3S. The minimum Gasteiger partial charge on any atom is -0.444 e. The third kappa shape index (κ3) is 7.56. The van der Waals surface area contributed by atoms with Gasteiger partial charge >= 0.3 is 6.09 Å². The third-order valence-corrected chi connectivity index (χ3v) is 2.44. The summed E-state index contributed by atoms with van der Waals surface area (Å²) in [5.41, 5.74) is -0.537. The lowest BCUT2D eigenvalue weighted by atomic mass is 10.1. The minimum absolute atomic E-state index is 0.0418. The molecule has 0 spiro atoms. The zero-order valence-corrected chi connectivity index (χ0v) is 11.4. The predicted molar refractivity (Wildman–Crippen MR) is 66.8 cm³/mol. The average molecular weight is 247 g/mol. The molecule has 4 nitrogen and oxygen atoms in total. The quantitative estimate of drug-likeness (QED) is 0.809. The molecule has 0 aromatic heterocycles. The van der Waals surface area contributed by atoms with Gasteiger partial charge in [0.05, 0.1) is 6.04 Å². The number of alkyl carbamates (subject to hydrolysis) is 1. The molecule has 1 atom stereocenters. The van der Waals surface area contributed by atoms with E-state index in [0.717, 1.165) is 5.75 Å². The van der Waals surface area contributed by atoms with Crippen LogP contribution in [0.4, 0.5) is 4.79 Å². The standard InChI is InChI=1S/C11H21NO3S/c1-8(13)9(6-7-16-5)12-10(14)15-11(2,3)4/h9H,6-7H2,1-5H3,(H,12,14). The Labute approximate surface area is 101 Å². The van der Waals surface area contributed by atoms with Crippen molar-refractivity contribution in [3.8, 4) is 0 Å². The molecule has 1 amide bonds. The molecule has 94 valence electrons. The Bertz CT molecular complexity index is 248. The highest BCUT2D eigenvalue weighted by Crippen LogP contribution is 2.08. The molecule has 1 N–H and O–H groups in total. The largest absolute Gasteiger partial charge is 0.444 e. The number of rotatable bonds is 5. The molecule has 0 aliphatic heterocycles. The lowest BCUT2D eigenvalue weighted by Crippen LogP contribution is -2.43. The molecule has 0 fully saturated rings. The van der Waals surface area contributed by atoms with Crippen LogP contribution < -0.4 is 5.32 Å². The van der Waals surface area contributed by atoms with Crippen LogP contribution in [0.2, 0.25) is 0 Å². The van der Waals surface area contributed by atoms with Crippen LogP contribution in [-0.2, 0) is 9.53 Å². The van der Waals surface area contributed by atoms with E-state index < -0.39 is 17.7 Å². The maximum Gasteiger partial charge on any atom is 0.408 e. The molecule has 0 aliphatic rings. The van der Waals surface area contributed by atoms with Crippen LogP contribution in [0.5, 0.6) is 0 Å². The number of ether oxygens (including phenoxy) is 1. The van der Waals surface area contributed by atoms with Gasteiger partial charge in [0.25, 0.3) is 0 Å². The number of hydrogen-bond acceptors (Lipinski definition) is 4. The molecule has 0 saturated heterocycles. The molecule has 0 heterocycles. The number of thioether (sulfide) groups is 1. The maximum absolute atomic E-state index is 11.4. The highest BCUT2D eigenvalue weighted by Gasteiger charge is 2.21. The van der Waals surface area contributed by atoms with Crippen molar-refractivity contribution in [2.75, 3.05) is 12.0 Å². The van der Waals surface area contributed by atoms with Crippen LogP contribution in [0.15, 0.2) is 0 Å². The van der Waals surface area contributed by atoms with Crippen molar-refractivity contribution in [3.63, 3.8) is 0 Å². The van der Waals surface area contributed by atoms with Crippen LogP contribution in [0.25, 0.3) is 0 Å². The SMILES string of the molecule is CSCCC(NC(=O)OC(C)(C)C)C(C)=O. The van der Waals surface area contributed by atoms with Gasteiger partial charge in [0.15, 0.2) is 5.78 Å². The Morgan fingerprint density at radius 2 is 1.94 bits per heavy atom. The molecule has 0 saturated carbocycles. The van der Waals surface area contributed by atoms with Gasteiger partial charge in [0.1, 0.15) is 5.60 Å². The summed E-state index contributed by atoms with van der Waals surface area (Å²) in [5, 5.41) is 2.58. The normalized spacial score (nSPS) is 13.1. The number of nitrogens with one attached hydrogen (secondary N) is 1. The fourth-order valence-corrected chi connectivity index (χ4v) is 1.53. The zero-order valence-electron chi connectivity index (χ0n) is 10.6. The number of amides is 1. The first-order valence-corrected chi connectivity index (χ1v) is 6.64. The van der Waals surface area contributed by atoms with E-state index in [1.165, 1.54) is 6.92 Å². The number of hydrogen-bond donors (Lipinski definition) is 1. The fraction of sp³-hybridized carbons (Fsp3) is 0.818. The Balaban J connectivity index is 4.19. The third-order valence-electron chi connectivity index (χ3n) is 1.79. The van der Waals surface area contributed by atoms with E-state index in [-0.39, 0.29) is 5.78 Å². The van der Waals surface area contributed by atoms with E-state index in [1.54, 1.807) is 32.5 Å². The average Bonchev–Trinajstić information content (AvgIpc) is 2.08. The second kappa shape index (κ2) is 6.78. The van der Waals surface area contributed by atoms with Crippen molar-refractivity contribution in [1.29, 1.82) is 0 Å². The predicted octanol–water partition coefficient (Wildman–Crippen LogP) is 2.22. The Morgan fingerprint density at radius 3 is 2.31 bits per heavy atom. The highest BCUT2D eigenvalue weighted by atomic mass is 32.2. The number of carbonyl (C=O) groups excluding carboxylic acids is 2. The second-order valence-corrected chi connectivity index (χ2v) is 5.58. The summed E-state index contributed by atoms with van der Waals surface area (Å²) in [5.74, 6) is 0.792. The summed E-state index contributed by atoms with van der Waals surface area (Å²) in [6.07, 6.45) is 2.06. The molecule has 0 radical (unpaired) electrons. The number of ketones is 1. The zero-order chi connectivity index (χ0) is 12.8. The van der Waals surface area contributed by atoms with E-state index in [9.17, 15) is 9.59 Å². The van der Waals surface area contributed by atoms with Gasteiger partial charge in [-0.15, -0.1) is 0 Å². The number of Topliss-reactive ketones (excluding diaryl/α,β-unsaturated/α-hetero) is 1. The molecule has 0 aromatic carbocycles. The molecule has 16 heavy (non-hydrogen) atoms. The minimum atomic E-state index is -0.537. The van der Waals surface area contributed by atoms with Crippen molar-refractivity contribution in [2.24, 2.45) is 0 Å². The van der Waals surface area contributed by atoms with E-state index in [2.05, 4.69) is 5.32 Å². The molecule has 0 aliphatic carbocycles. The van der Waals surface area contributed by atoms with Gasteiger partial charge in [-0.2, -0.15) is 11.8 Å². The topological polar surface area (TPSA) is 55.4 Å². The van der Waals surface area contributed by atoms with Crippen LogP contribution in [0.3, 0.4) is 0 Å². The first kappa shape index (κ1) is 15.3. The van der Waals surface area contributed by atoms with Gasteiger partial charge < -0.3 is 10.1 Å². The lowest BCUT2D eigenvalue weighted by molar-refractivity contribution is -0.119. The molecule has 0 bridgehead atoms. The summed E-state index contributed by atoms with van der Waals surface area (Å²) >= 11 is 1.64. The van der Waals surface area contributed by atoms with Gasteiger partial charge in [0.2, 0.25) is 0 Å². The van der Waals surface area contributed by atoms with Crippen molar-refractivity contribution in [3.05, 3.63) is 0 Å². The van der Waals surface area contributed by atoms with Crippen molar-refractivity contribution < 1.29 is 14.3 Å². The van der Waals surface area contributed by atoms with E-state index in [0.29, 0.717) is 6.42 Å². The summed E-state index contributed by atoms with van der Waals surface area (Å²) in [6, 6.07) is -0.442. The summed E-state index contributed by atoms with van der Waals surface area (Å²) in [6.45, 7) is 6.84. The van der Waals surface area contributed by atoms with Crippen LogP contribution in [0.1, 0.15) is 34.1 Å². The van der Waals surface area contributed by atoms with Gasteiger partial charge in [-0.25, -0.2) is 4.79 Å². The van der Waals surface area contributed by atoms with Crippen molar-refractivity contribution >= 4 is 23.6 Å². The monoisotopic (exact) mass is 247 g/mol. The highest BCUT2D eigenvalue weighted by molar-refractivity contribution is 7.98. The van der Waals surface area contributed by atoms with Crippen molar-refractivity contribution in [2.45, 2.75) is 45.8 Å². The lowest BCUT2D eigenvalue weighted by Gasteiger charge is -2.22. The van der Waals surface area contributed by atoms with Gasteiger partial charge in [0, 0.05) is 0 Å². The first-order valence-electron chi connectivity index (χ1n) is 5.25. The fourth-order valence-electron chi connectivity index (χ4n) is 1.06. The van der Waals surface area contributed by atoms with Crippen LogP contribution >= 0.6 is 11.8 Å². The summed E-state index contributed by atoms with van der Waals surface area (Å²) in [7, 11) is 0. The molecule has 1 unspecified atom stereocenters. The number of carbonyl (C=O) groups is 2. The van der Waals surface area contributed by atoms with E-state index in [1.807, 2.05) is 6.26 Å². The van der Waals surface area contributed by atoms with Crippen LogP contribution in [0, 0.1) is 0 Å². The van der Waals surface area contributed by atoms with Crippen molar-refractivity contribution in [1.82, 2.24) is 5.32 Å². The maximum atomic E-state index is 11.4. The van der Waals surface area contributed by atoms with Crippen LogP contribution in [-0.4, -0.2) is 35.5 Å². The molecule has 5 heteroatoms. The molecule has 0 rings (SSSR count). The smallest absolute Gasteiger partial charge is 0.408 e. The first-order chi connectivity index (χ1) is 7.26. The Kier molecular flexibility index (Phi) is 6.48. The summed E-state index contributed by atoms with van der Waals surface area (Å²) in [4.78, 5) is 22.7. The summed E-state index contributed by atoms with van der Waals surface area (Å²) < 4.78 is 5.09. The van der Waals surface area contributed by atoms with Gasteiger partial charge in [-0.3, -0.25) is 4.79 Å². The Morgan fingerprint density at radius 1 is 1.38 bits per heavy atom. The molecule has 0 aromatic rings. The second-order valence-electron chi connectivity index (χ2n) is 4.59. The molecular weight excluding hydrogens is 226 g/mol. The van der Waals surface area contributed by atoms with Gasteiger partial charge in [-0.1, -0.05) is 0 Å². The van der Waals surface area contributed by atoms with E-state index in [4.69, 9.17) is 4.74 Å². The van der Waals surface area contributed by atoms with Gasteiger partial charge in [-0.05, 0) is 46.1 Å². The Hall–Kier alpha value is -0.710.